The number of carbonyl (C=O) groups excluding carboxylic acids is 1. The topological polar surface area (TPSA) is 34.9 Å². The molecule has 3 nitrogen and oxygen atoms in total. The Bertz CT molecular complexity index is 354. The van der Waals surface area contributed by atoms with Crippen molar-refractivity contribution < 1.29 is 4.79 Å². The minimum atomic E-state index is 0.197. The number of hydrogen-bond acceptors (Lipinski definition) is 2. The van der Waals surface area contributed by atoms with Crippen molar-refractivity contribution in [2.75, 3.05) is 0 Å². The molecule has 1 fully saturated rings. The maximum Gasteiger partial charge on any atom is 0.136 e. The molecular weight excluding hydrogens is 164 g/mol. The summed E-state index contributed by atoms with van der Waals surface area (Å²) >= 11 is 0. The summed E-state index contributed by atoms with van der Waals surface area (Å²) in [6.45, 7) is 4.01. The summed E-state index contributed by atoms with van der Waals surface area (Å²) in [6.07, 6.45) is 2.73. The van der Waals surface area contributed by atoms with Crippen LogP contribution < -0.4 is 0 Å². The molecule has 70 valence electrons. The Morgan fingerprint density at radius 3 is 2.69 bits per heavy atom. The van der Waals surface area contributed by atoms with Crippen LogP contribution in [0.25, 0.3) is 0 Å². The molecule has 2 unspecified atom stereocenters. The zero-order valence-electron chi connectivity index (χ0n) is 8.24. The highest BCUT2D eigenvalue weighted by Crippen LogP contribution is 2.40. The van der Waals surface area contributed by atoms with Crippen LogP contribution in [0.2, 0.25) is 0 Å². The van der Waals surface area contributed by atoms with E-state index in [4.69, 9.17) is 0 Å². The summed E-state index contributed by atoms with van der Waals surface area (Å²) in [6, 6.07) is 0. The average Bonchev–Trinajstić information content (AvgIpc) is 2.40. The van der Waals surface area contributed by atoms with Gasteiger partial charge in [-0.3, -0.25) is 9.48 Å². The highest BCUT2D eigenvalue weighted by atomic mass is 16.1. The van der Waals surface area contributed by atoms with Crippen LogP contribution in [0, 0.1) is 12.8 Å². The maximum absolute atomic E-state index is 11.1. The van der Waals surface area contributed by atoms with Crippen molar-refractivity contribution in [2.24, 2.45) is 13.0 Å². The van der Waals surface area contributed by atoms with Crippen molar-refractivity contribution in [1.82, 2.24) is 9.78 Å². The van der Waals surface area contributed by atoms with Crippen LogP contribution in [-0.2, 0) is 11.8 Å². The van der Waals surface area contributed by atoms with Crippen molar-refractivity contribution >= 4 is 5.78 Å². The van der Waals surface area contributed by atoms with Gasteiger partial charge in [0, 0.05) is 31.5 Å². The lowest BCUT2D eigenvalue weighted by Gasteiger charge is -2.31. The van der Waals surface area contributed by atoms with Crippen LogP contribution in [0.5, 0.6) is 0 Å². The molecule has 0 N–H and O–H groups in total. The number of aryl methyl sites for hydroxylation is 2. The van der Waals surface area contributed by atoms with Crippen LogP contribution >= 0.6 is 0 Å². The van der Waals surface area contributed by atoms with Crippen molar-refractivity contribution in [3.05, 3.63) is 17.5 Å². The first-order valence-electron chi connectivity index (χ1n) is 4.62. The van der Waals surface area contributed by atoms with E-state index in [0.717, 1.165) is 5.69 Å². The van der Waals surface area contributed by atoms with Crippen LogP contribution in [0.1, 0.15) is 30.5 Å². The van der Waals surface area contributed by atoms with Gasteiger partial charge in [0.2, 0.25) is 0 Å². The van der Waals surface area contributed by atoms with Gasteiger partial charge in [0.1, 0.15) is 5.78 Å². The first kappa shape index (κ1) is 8.48. The largest absolute Gasteiger partial charge is 0.299 e. The van der Waals surface area contributed by atoms with Gasteiger partial charge in [-0.1, -0.05) is 6.92 Å². The predicted octanol–water partition coefficient (Wildman–Crippen LogP) is 1.42. The van der Waals surface area contributed by atoms with Gasteiger partial charge >= 0.3 is 0 Å². The van der Waals surface area contributed by atoms with Gasteiger partial charge in [-0.05, 0) is 12.5 Å². The lowest BCUT2D eigenvalue weighted by molar-refractivity contribution is -0.130. The molecule has 1 saturated carbocycles. The zero-order valence-corrected chi connectivity index (χ0v) is 8.24. The smallest absolute Gasteiger partial charge is 0.136 e. The third kappa shape index (κ3) is 1.19. The average molecular weight is 178 g/mol. The number of aromatic nitrogens is 2. The number of nitrogens with zero attached hydrogens (tertiary/aromatic N) is 2. The molecule has 1 aromatic heterocycles. The van der Waals surface area contributed by atoms with E-state index < -0.39 is 0 Å². The molecule has 3 heteroatoms. The van der Waals surface area contributed by atoms with E-state index in [1.54, 1.807) is 0 Å². The summed E-state index contributed by atoms with van der Waals surface area (Å²) in [7, 11) is 1.92. The molecule has 1 aliphatic rings. The van der Waals surface area contributed by atoms with Gasteiger partial charge in [0.15, 0.2) is 0 Å². The number of carbonyl (C=O) groups is 1. The molecule has 2 rings (SSSR count). The fraction of sp³-hybridized carbons (Fsp3) is 0.600. The third-order valence-corrected chi connectivity index (χ3v) is 2.98. The van der Waals surface area contributed by atoms with E-state index in [2.05, 4.69) is 5.10 Å². The molecule has 2 atom stereocenters. The predicted molar refractivity (Wildman–Crippen MR) is 49.5 cm³/mol. The summed E-state index contributed by atoms with van der Waals surface area (Å²) < 4.78 is 1.82. The Hall–Kier alpha value is -1.12. The third-order valence-electron chi connectivity index (χ3n) is 2.98. The van der Waals surface area contributed by atoms with E-state index in [1.807, 2.05) is 31.8 Å². The summed E-state index contributed by atoms with van der Waals surface area (Å²) in [4.78, 5) is 11.1. The van der Waals surface area contributed by atoms with Crippen molar-refractivity contribution in [3.63, 3.8) is 0 Å². The van der Waals surface area contributed by atoms with E-state index in [1.165, 1.54) is 5.56 Å². The van der Waals surface area contributed by atoms with Gasteiger partial charge in [0.25, 0.3) is 0 Å². The first-order chi connectivity index (χ1) is 6.09. The Morgan fingerprint density at radius 1 is 1.62 bits per heavy atom. The molecule has 0 radical (unpaired) electrons. The first-order valence-corrected chi connectivity index (χ1v) is 4.62. The summed E-state index contributed by atoms with van der Waals surface area (Å²) in [5, 5.41) is 4.28. The van der Waals surface area contributed by atoms with Gasteiger partial charge in [0.05, 0.1) is 5.69 Å². The van der Waals surface area contributed by atoms with Crippen LogP contribution in [0.15, 0.2) is 6.20 Å². The second kappa shape index (κ2) is 2.69. The van der Waals surface area contributed by atoms with Crippen molar-refractivity contribution in [2.45, 2.75) is 26.2 Å². The van der Waals surface area contributed by atoms with Gasteiger partial charge in [-0.25, -0.2) is 0 Å². The van der Waals surface area contributed by atoms with E-state index in [-0.39, 0.29) is 5.92 Å². The molecule has 0 spiro atoms. The molecule has 0 saturated heterocycles. The highest BCUT2D eigenvalue weighted by molar-refractivity contribution is 5.89. The molecule has 0 aliphatic heterocycles. The fourth-order valence-electron chi connectivity index (χ4n) is 2.00. The van der Waals surface area contributed by atoms with Crippen molar-refractivity contribution in [1.29, 1.82) is 0 Å². The Morgan fingerprint density at radius 2 is 2.31 bits per heavy atom. The van der Waals surface area contributed by atoms with Crippen LogP contribution in [0.3, 0.4) is 0 Å². The second-order valence-corrected chi connectivity index (χ2v) is 3.91. The lowest BCUT2D eigenvalue weighted by Crippen LogP contribution is -2.32. The minimum Gasteiger partial charge on any atom is -0.299 e. The van der Waals surface area contributed by atoms with Gasteiger partial charge in [-0.15, -0.1) is 0 Å². The molecule has 0 bridgehead atoms. The Balaban J connectivity index is 2.27. The molecule has 13 heavy (non-hydrogen) atoms. The van der Waals surface area contributed by atoms with E-state index >= 15 is 0 Å². The monoisotopic (exact) mass is 178 g/mol. The highest BCUT2D eigenvalue weighted by Gasteiger charge is 2.38. The fourth-order valence-corrected chi connectivity index (χ4v) is 2.00. The Labute approximate surface area is 77.7 Å². The van der Waals surface area contributed by atoms with Crippen molar-refractivity contribution in [3.8, 4) is 0 Å². The lowest BCUT2D eigenvalue weighted by atomic mass is 9.70. The summed E-state index contributed by atoms with van der Waals surface area (Å²) in [5.74, 6) is 0.998. The number of Topliss-reactive ketones (excluding diaryl/α,β-unsaturated/α-hetero) is 1. The van der Waals surface area contributed by atoms with Gasteiger partial charge < -0.3 is 0 Å². The van der Waals surface area contributed by atoms with Gasteiger partial charge in [-0.2, -0.15) is 5.10 Å². The molecule has 1 heterocycles. The minimum absolute atomic E-state index is 0.197. The second-order valence-electron chi connectivity index (χ2n) is 3.91. The normalized spacial score (nSPS) is 27.5. The Kier molecular flexibility index (Phi) is 1.75. The molecule has 1 aliphatic carbocycles. The number of rotatable bonds is 1. The van der Waals surface area contributed by atoms with E-state index in [0.29, 0.717) is 18.1 Å². The quantitative estimate of drug-likeness (QED) is 0.652. The standard InChI is InChI=1S/C10H14N2O/c1-6-8(4-10(6)13)9-5-12(3)11-7(9)2/h5-6,8H,4H2,1-3H3. The number of hydrogen-bond donors (Lipinski definition) is 0. The summed E-state index contributed by atoms with van der Waals surface area (Å²) in [5.41, 5.74) is 2.31. The molecule has 0 amide bonds. The maximum atomic E-state index is 11.1. The van der Waals surface area contributed by atoms with Crippen LogP contribution in [-0.4, -0.2) is 15.6 Å². The SMILES string of the molecule is Cc1nn(C)cc1C1CC(=O)C1C. The van der Waals surface area contributed by atoms with E-state index in [9.17, 15) is 4.79 Å². The zero-order chi connectivity index (χ0) is 9.59. The number of ketones is 1. The molecular formula is C10H14N2O. The molecule has 0 aromatic carbocycles. The van der Waals surface area contributed by atoms with Crippen LogP contribution in [0.4, 0.5) is 0 Å². The molecule has 1 aromatic rings.